The molecule has 2 aromatic rings. The second-order valence-corrected chi connectivity index (χ2v) is 7.70. The number of ether oxygens (including phenoxy) is 2. The lowest BCUT2D eigenvalue weighted by molar-refractivity contribution is -0.131. The number of fused-ring (bicyclic) bond motifs is 1. The zero-order valence-electron chi connectivity index (χ0n) is 15.9. The van der Waals surface area contributed by atoms with Gasteiger partial charge in [0.25, 0.3) is 0 Å². The highest BCUT2D eigenvalue weighted by molar-refractivity contribution is 5.87. The summed E-state index contributed by atoms with van der Waals surface area (Å²) in [5, 5.41) is 4.42. The van der Waals surface area contributed by atoms with Gasteiger partial charge in [-0.3, -0.25) is 4.79 Å². The fourth-order valence-corrected chi connectivity index (χ4v) is 4.66. The van der Waals surface area contributed by atoms with E-state index in [1.165, 1.54) is 10.9 Å². The smallest absolute Gasteiger partial charge is 0.249 e. The summed E-state index contributed by atoms with van der Waals surface area (Å²) in [5.74, 6) is 1.29. The quantitative estimate of drug-likeness (QED) is 0.754. The van der Waals surface area contributed by atoms with Crippen molar-refractivity contribution in [3.8, 4) is 5.75 Å². The average molecular weight is 371 g/mol. The van der Waals surface area contributed by atoms with Crippen LogP contribution in [0.1, 0.15) is 55.7 Å². The average Bonchev–Trinajstić information content (AvgIpc) is 3.35. The van der Waals surface area contributed by atoms with E-state index in [2.05, 4.69) is 22.4 Å². The molecule has 1 saturated carbocycles. The van der Waals surface area contributed by atoms with Crippen molar-refractivity contribution in [3.05, 3.63) is 29.5 Å². The molecule has 6 heteroatoms. The van der Waals surface area contributed by atoms with Gasteiger partial charge in [-0.15, -0.1) is 0 Å². The van der Waals surface area contributed by atoms with Gasteiger partial charge in [-0.1, -0.05) is 6.42 Å². The minimum absolute atomic E-state index is 0.0535. The monoisotopic (exact) mass is 371 g/mol. The van der Waals surface area contributed by atoms with Crippen LogP contribution in [0.5, 0.6) is 5.75 Å². The zero-order valence-corrected chi connectivity index (χ0v) is 15.9. The van der Waals surface area contributed by atoms with Gasteiger partial charge in [-0.05, 0) is 61.8 Å². The summed E-state index contributed by atoms with van der Waals surface area (Å²) >= 11 is 0. The maximum Gasteiger partial charge on any atom is 0.249 e. The lowest BCUT2D eigenvalue weighted by atomic mass is 9.80. The molecule has 3 atom stereocenters. The molecule has 0 spiro atoms. The Bertz CT molecular complexity index is 810. The van der Waals surface area contributed by atoms with E-state index < -0.39 is 0 Å². The molecule has 2 heterocycles. The molecule has 1 aromatic carbocycles. The molecule has 1 saturated heterocycles. The number of nitrogens with two attached hydrogens (primary N) is 1. The van der Waals surface area contributed by atoms with E-state index in [1.807, 2.05) is 6.07 Å². The molecule has 4 rings (SSSR count). The van der Waals surface area contributed by atoms with Gasteiger partial charge < -0.3 is 25.5 Å². The van der Waals surface area contributed by atoms with Crippen LogP contribution in [0.4, 0.5) is 0 Å². The first-order valence-corrected chi connectivity index (χ1v) is 10.00. The van der Waals surface area contributed by atoms with Gasteiger partial charge in [0.2, 0.25) is 5.91 Å². The third kappa shape index (κ3) is 3.69. The number of aromatic amines is 1. The highest BCUT2D eigenvalue weighted by Crippen LogP contribution is 2.39. The van der Waals surface area contributed by atoms with Gasteiger partial charge in [-0.2, -0.15) is 0 Å². The van der Waals surface area contributed by atoms with Crippen molar-refractivity contribution in [1.29, 1.82) is 0 Å². The van der Waals surface area contributed by atoms with Crippen molar-refractivity contribution in [1.82, 2.24) is 10.3 Å². The third-order valence-electron chi connectivity index (χ3n) is 5.98. The molecule has 0 unspecified atom stereocenters. The van der Waals surface area contributed by atoms with Gasteiger partial charge in [0.05, 0.1) is 7.11 Å². The number of rotatable bonds is 5. The Morgan fingerprint density at radius 1 is 1.33 bits per heavy atom. The normalized spacial score (nSPS) is 25.6. The molecule has 4 N–H and O–H groups in total. The first-order chi connectivity index (χ1) is 13.2. The predicted molar refractivity (Wildman–Crippen MR) is 105 cm³/mol. The van der Waals surface area contributed by atoms with E-state index >= 15 is 0 Å². The van der Waals surface area contributed by atoms with Gasteiger partial charge in [0, 0.05) is 35.8 Å². The van der Waals surface area contributed by atoms with Crippen LogP contribution in [0.15, 0.2) is 18.2 Å². The van der Waals surface area contributed by atoms with Crippen LogP contribution in [-0.4, -0.2) is 36.8 Å². The second-order valence-electron chi connectivity index (χ2n) is 7.70. The number of hydrogen-bond donors (Lipinski definition) is 3. The molecule has 1 aromatic heterocycles. The number of carbonyl (C=O) groups is 1. The number of benzene rings is 1. The fourth-order valence-electron chi connectivity index (χ4n) is 4.66. The maximum absolute atomic E-state index is 12.4. The van der Waals surface area contributed by atoms with E-state index in [-0.39, 0.29) is 18.1 Å². The Morgan fingerprint density at radius 3 is 2.96 bits per heavy atom. The lowest BCUT2D eigenvalue weighted by Crippen LogP contribution is -2.43. The van der Waals surface area contributed by atoms with Crippen molar-refractivity contribution in [2.24, 2.45) is 5.73 Å². The Kier molecular flexibility index (Phi) is 5.36. The topological polar surface area (TPSA) is 89.4 Å². The molecule has 1 amide bonds. The standard InChI is InChI=1S/C21H29N3O3/c1-26-15-7-8-17-16(11-15)20(18(12-22)24-17)13-4-2-5-14(10-13)23-21(25)19-6-3-9-27-19/h7-8,11,13-14,19,24H,2-6,9-10,12,22H2,1H3,(H,23,25)/t13-,14+,19+/m1/s1. The fraction of sp³-hybridized carbons (Fsp3) is 0.571. The van der Waals surface area contributed by atoms with Crippen molar-refractivity contribution in [2.45, 2.75) is 63.1 Å². The number of H-pyrrole nitrogens is 1. The molecular formula is C21H29N3O3. The SMILES string of the molecule is COc1ccc2[nH]c(CN)c([C@@H]3CCC[C@H](NC(=O)[C@@H]4CCCO4)C3)c2c1. The highest BCUT2D eigenvalue weighted by atomic mass is 16.5. The lowest BCUT2D eigenvalue weighted by Gasteiger charge is -2.31. The van der Waals surface area contributed by atoms with Gasteiger partial charge in [0.1, 0.15) is 11.9 Å². The molecular weight excluding hydrogens is 342 g/mol. The Balaban J connectivity index is 1.56. The van der Waals surface area contributed by atoms with E-state index in [0.717, 1.165) is 55.5 Å². The number of amides is 1. The van der Waals surface area contributed by atoms with Gasteiger partial charge in [-0.25, -0.2) is 0 Å². The Labute approximate surface area is 159 Å². The van der Waals surface area contributed by atoms with Crippen LogP contribution >= 0.6 is 0 Å². The van der Waals surface area contributed by atoms with Crippen LogP contribution in [0.25, 0.3) is 10.9 Å². The molecule has 27 heavy (non-hydrogen) atoms. The minimum Gasteiger partial charge on any atom is -0.497 e. The zero-order chi connectivity index (χ0) is 18.8. The molecule has 1 aliphatic heterocycles. The summed E-state index contributed by atoms with van der Waals surface area (Å²) in [5.41, 5.74) is 9.52. The van der Waals surface area contributed by atoms with Gasteiger partial charge in [0.15, 0.2) is 0 Å². The summed E-state index contributed by atoms with van der Waals surface area (Å²) in [6.07, 6.45) is 5.73. The number of aromatic nitrogens is 1. The molecule has 2 fully saturated rings. The van der Waals surface area contributed by atoms with Crippen molar-refractivity contribution >= 4 is 16.8 Å². The van der Waals surface area contributed by atoms with Crippen LogP contribution in [0.2, 0.25) is 0 Å². The minimum atomic E-state index is -0.262. The van der Waals surface area contributed by atoms with Gasteiger partial charge >= 0.3 is 0 Å². The van der Waals surface area contributed by atoms with Crippen LogP contribution in [-0.2, 0) is 16.1 Å². The van der Waals surface area contributed by atoms with Crippen LogP contribution in [0, 0.1) is 0 Å². The van der Waals surface area contributed by atoms with E-state index in [9.17, 15) is 4.79 Å². The van der Waals surface area contributed by atoms with Crippen molar-refractivity contribution < 1.29 is 14.3 Å². The van der Waals surface area contributed by atoms with Crippen molar-refractivity contribution in [3.63, 3.8) is 0 Å². The molecule has 0 radical (unpaired) electrons. The van der Waals surface area contributed by atoms with Crippen LogP contribution < -0.4 is 15.8 Å². The first kappa shape index (κ1) is 18.3. The highest BCUT2D eigenvalue weighted by Gasteiger charge is 2.31. The summed E-state index contributed by atoms with van der Waals surface area (Å²) in [6, 6.07) is 6.31. The number of carbonyl (C=O) groups excluding carboxylic acids is 1. The van der Waals surface area contributed by atoms with E-state index in [4.69, 9.17) is 15.2 Å². The molecule has 1 aliphatic carbocycles. The van der Waals surface area contributed by atoms with E-state index in [1.54, 1.807) is 7.11 Å². The Morgan fingerprint density at radius 2 is 2.22 bits per heavy atom. The van der Waals surface area contributed by atoms with Crippen molar-refractivity contribution in [2.75, 3.05) is 13.7 Å². The Hall–Kier alpha value is -2.05. The van der Waals surface area contributed by atoms with E-state index in [0.29, 0.717) is 19.1 Å². The van der Waals surface area contributed by atoms with Crippen LogP contribution in [0.3, 0.4) is 0 Å². The maximum atomic E-state index is 12.4. The number of nitrogens with one attached hydrogen (secondary N) is 2. The number of methoxy groups -OCH3 is 1. The largest absolute Gasteiger partial charge is 0.497 e. The third-order valence-corrected chi connectivity index (χ3v) is 5.98. The molecule has 2 aliphatic rings. The molecule has 6 nitrogen and oxygen atoms in total. The summed E-state index contributed by atoms with van der Waals surface area (Å²) in [7, 11) is 1.69. The summed E-state index contributed by atoms with van der Waals surface area (Å²) < 4.78 is 10.9. The molecule has 146 valence electrons. The summed E-state index contributed by atoms with van der Waals surface area (Å²) in [6.45, 7) is 1.18. The predicted octanol–water partition coefficient (Wildman–Crippen LogP) is 2.96. The number of hydrogen-bond acceptors (Lipinski definition) is 4. The second kappa shape index (κ2) is 7.90. The summed E-state index contributed by atoms with van der Waals surface area (Å²) in [4.78, 5) is 15.9. The first-order valence-electron chi connectivity index (χ1n) is 10.00. The molecule has 0 bridgehead atoms.